The summed E-state index contributed by atoms with van der Waals surface area (Å²) in [4.78, 5) is 2.22. The highest BCUT2D eigenvalue weighted by Gasteiger charge is 2.06. The number of piperazine rings is 1. The number of hydrogen-bond donors (Lipinski definition) is 1. The lowest BCUT2D eigenvalue weighted by Crippen LogP contribution is -2.43. The summed E-state index contributed by atoms with van der Waals surface area (Å²) in [6, 6.07) is 0. The summed E-state index contributed by atoms with van der Waals surface area (Å²) >= 11 is 0. The van der Waals surface area contributed by atoms with Crippen LogP contribution in [0.15, 0.2) is 11.5 Å². The Hall–Kier alpha value is -0.390. The van der Waals surface area contributed by atoms with Crippen molar-refractivity contribution in [1.82, 2.24) is 10.2 Å². The molecule has 0 unspecified atom stereocenters. The highest BCUT2D eigenvalue weighted by atomic mass is 32.2. The van der Waals surface area contributed by atoms with E-state index in [0.29, 0.717) is 0 Å². The van der Waals surface area contributed by atoms with Gasteiger partial charge >= 0.3 is 0 Å². The predicted molar refractivity (Wildman–Crippen MR) is 53.3 cm³/mol. The zero-order valence-corrected chi connectivity index (χ0v) is 8.68. The van der Waals surface area contributed by atoms with Crippen LogP contribution in [0.2, 0.25) is 0 Å². The van der Waals surface area contributed by atoms with E-state index in [9.17, 15) is 8.42 Å². The largest absolute Gasteiger partial charge is 0.314 e. The molecule has 76 valence electrons. The lowest BCUT2D eigenvalue weighted by Gasteiger charge is -2.25. The maximum atomic E-state index is 10.8. The molecule has 0 aromatic rings. The van der Waals surface area contributed by atoms with Crippen LogP contribution < -0.4 is 5.32 Å². The topological polar surface area (TPSA) is 49.4 Å². The smallest absolute Gasteiger partial charge is 0.168 e. The zero-order valence-electron chi connectivity index (χ0n) is 7.86. The minimum Gasteiger partial charge on any atom is -0.314 e. The third-order valence-electron chi connectivity index (χ3n) is 1.92. The van der Waals surface area contributed by atoms with Crippen molar-refractivity contribution >= 4 is 9.84 Å². The zero-order chi connectivity index (χ0) is 9.73. The molecule has 1 fully saturated rings. The highest BCUT2D eigenvalue weighted by Crippen LogP contribution is 1.93. The molecule has 1 N–H and O–H groups in total. The van der Waals surface area contributed by atoms with E-state index in [0.717, 1.165) is 32.7 Å². The molecular formula is C8H16N2O2S. The Labute approximate surface area is 79.5 Å². The minimum absolute atomic E-state index is 0.731. The lowest BCUT2D eigenvalue weighted by atomic mass is 10.3. The summed E-state index contributed by atoms with van der Waals surface area (Å²) in [5.41, 5.74) is 0. The Kier molecular flexibility index (Phi) is 3.90. The second-order valence-electron chi connectivity index (χ2n) is 3.25. The highest BCUT2D eigenvalue weighted by molar-refractivity contribution is 7.93. The van der Waals surface area contributed by atoms with E-state index in [2.05, 4.69) is 10.2 Å². The molecular weight excluding hydrogens is 188 g/mol. The van der Waals surface area contributed by atoms with Gasteiger partial charge in [0.1, 0.15) is 0 Å². The second-order valence-corrected chi connectivity index (χ2v) is 5.18. The number of nitrogens with one attached hydrogen (secondary N) is 1. The fourth-order valence-electron chi connectivity index (χ4n) is 1.26. The van der Waals surface area contributed by atoms with E-state index in [1.807, 2.05) is 0 Å². The molecule has 1 heterocycles. The van der Waals surface area contributed by atoms with Crippen molar-refractivity contribution < 1.29 is 8.42 Å². The summed E-state index contributed by atoms with van der Waals surface area (Å²) < 4.78 is 21.5. The van der Waals surface area contributed by atoms with Gasteiger partial charge in [-0.1, -0.05) is 6.08 Å². The van der Waals surface area contributed by atoms with Gasteiger partial charge in [-0.15, -0.1) is 0 Å². The van der Waals surface area contributed by atoms with Gasteiger partial charge in [0, 0.05) is 44.4 Å². The minimum atomic E-state index is -2.95. The maximum Gasteiger partial charge on any atom is 0.168 e. The monoisotopic (exact) mass is 204 g/mol. The molecule has 1 aliphatic heterocycles. The van der Waals surface area contributed by atoms with Crippen LogP contribution >= 0.6 is 0 Å². The van der Waals surface area contributed by atoms with E-state index < -0.39 is 9.84 Å². The normalized spacial score (nSPS) is 21.0. The first-order valence-corrected chi connectivity index (χ1v) is 6.33. The van der Waals surface area contributed by atoms with Gasteiger partial charge in [0.25, 0.3) is 0 Å². The molecule has 0 atom stereocenters. The number of rotatable bonds is 3. The third-order valence-corrected chi connectivity index (χ3v) is 2.60. The van der Waals surface area contributed by atoms with Crippen molar-refractivity contribution in [2.45, 2.75) is 0 Å². The molecule has 1 aliphatic rings. The van der Waals surface area contributed by atoms with Crippen LogP contribution in [0.4, 0.5) is 0 Å². The first-order valence-electron chi connectivity index (χ1n) is 4.37. The van der Waals surface area contributed by atoms with Gasteiger partial charge < -0.3 is 5.32 Å². The van der Waals surface area contributed by atoms with E-state index in [-0.39, 0.29) is 0 Å². The Balaban J connectivity index is 2.29. The summed E-state index contributed by atoms with van der Waals surface area (Å²) in [5, 5.41) is 4.51. The van der Waals surface area contributed by atoms with Crippen molar-refractivity contribution in [2.75, 3.05) is 39.0 Å². The average molecular weight is 204 g/mol. The van der Waals surface area contributed by atoms with Crippen LogP contribution in [0.1, 0.15) is 0 Å². The summed E-state index contributed by atoms with van der Waals surface area (Å²) in [6.07, 6.45) is 2.92. The molecule has 0 bridgehead atoms. The van der Waals surface area contributed by atoms with Crippen molar-refractivity contribution in [2.24, 2.45) is 0 Å². The second kappa shape index (κ2) is 4.74. The molecule has 1 saturated heterocycles. The molecule has 0 amide bonds. The van der Waals surface area contributed by atoms with Crippen LogP contribution in [0.5, 0.6) is 0 Å². The number of sulfone groups is 1. The van der Waals surface area contributed by atoms with Gasteiger partial charge in [0.15, 0.2) is 9.84 Å². The fourth-order valence-corrected chi connectivity index (χ4v) is 1.70. The molecule has 5 heteroatoms. The molecule has 0 spiro atoms. The summed E-state index contributed by atoms with van der Waals surface area (Å²) in [5.74, 6) is 0. The molecule has 0 aliphatic carbocycles. The molecule has 1 rings (SSSR count). The maximum absolute atomic E-state index is 10.8. The van der Waals surface area contributed by atoms with Crippen molar-refractivity contribution in [3.8, 4) is 0 Å². The molecule has 0 aromatic heterocycles. The van der Waals surface area contributed by atoms with Gasteiger partial charge in [-0.3, -0.25) is 4.90 Å². The van der Waals surface area contributed by atoms with Crippen molar-refractivity contribution in [1.29, 1.82) is 0 Å². The van der Waals surface area contributed by atoms with Gasteiger partial charge in [-0.25, -0.2) is 8.42 Å². The SMILES string of the molecule is CS(=O)(=O)/C=C/CN1CCNCC1. The summed E-state index contributed by atoms with van der Waals surface area (Å²) in [6.45, 7) is 4.70. The standard InChI is InChI=1S/C8H16N2O2S/c1-13(11,12)8-2-5-10-6-3-9-4-7-10/h2,8-9H,3-7H2,1H3/b8-2+. The number of nitrogens with zero attached hydrogens (tertiary/aromatic N) is 1. The first-order chi connectivity index (χ1) is 6.08. The van der Waals surface area contributed by atoms with Crippen LogP contribution in [0.25, 0.3) is 0 Å². The third kappa shape index (κ3) is 5.02. The number of hydrogen-bond acceptors (Lipinski definition) is 4. The van der Waals surface area contributed by atoms with Gasteiger partial charge in [0.2, 0.25) is 0 Å². The first kappa shape index (κ1) is 10.7. The van der Waals surface area contributed by atoms with Gasteiger partial charge in [-0.2, -0.15) is 0 Å². The molecule has 13 heavy (non-hydrogen) atoms. The van der Waals surface area contributed by atoms with Crippen LogP contribution in [0.3, 0.4) is 0 Å². The Bertz CT molecular complexity index is 266. The Morgan fingerprint density at radius 3 is 2.54 bits per heavy atom. The molecule has 0 radical (unpaired) electrons. The molecule has 0 saturated carbocycles. The van der Waals surface area contributed by atoms with Crippen LogP contribution in [0, 0.1) is 0 Å². The van der Waals surface area contributed by atoms with E-state index in [1.165, 1.54) is 11.7 Å². The fraction of sp³-hybridized carbons (Fsp3) is 0.750. The lowest BCUT2D eigenvalue weighted by molar-refractivity contribution is 0.265. The van der Waals surface area contributed by atoms with Crippen molar-refractivity contribution in [3.63, 3.8) is 0 Å². The Morgan fingerprint density at radius 2 is 2.00 bits per heavy atom. The average Bonchev–Trinajstić information content (AvgIpc) is 2.04. The van der Waals surface area contributed by atoms with Gasteiger partial charge in [-0.05, 0) is 0 Å². The van der Waals surface area contributed by atoms with E-state index in [4.69, 9.17) is 0 Å². The predicted octanol–water partition coefficient (Wildman–Crippen LogP) is -0.550. The summed E-state index contributed by atoms with van der Waals surface area (Å²) in [7, 11) is -2.95. The quantitative estimate of drug-likeness (QED) is 0.670. The van der Waals surface area contributed by atoms with Crippen LogP contribution in [-0.4, -0.2) is 52.3 Å². The van der Waals surface area contributed by atoms with Crippen molar-refractivity contribution in [3.05, 3.63) is 11.5 Å². The Morgan fingerprint density at radius 1 is 1.38 bits per heavy atom. The van der Waals surface area contributed by atoms with E-state index >= 15 is 0 Å². The van der Waals surface area contributed by atoms with Crippen LogP contribution in [-0.2, 0) is 9.84 Å². The molecule has 4 nitrogen and oxygen atoms in total. The van der Waals surface area contributed by atoms with E-state index in [1.54, 1.807) is 6.08 Å². The van der Waals surface area contributed by atoms with Gasteiger partial charge in [0.05, 0.1) is 0 Å². The molecule has 0 aromatic carbocycles.